The van der Waals surface area contributed by atoms with E-state index in [9.17, 15) is 9.90 Å². The number of aromatic nitrogens is 3. The number of carbonyl (C=O) groups is 1. The van der Waals surface area contributed by atoms with Crippen LogP contribution in [0.2, 0.25) is 0 Å². The Morgan fingerprint density at radius 2 is 2.16 bits per heavy atom. The van der Waals surface area contributed by atoms with E-state index >= 15 is 0 Å². The average molecular weight is 417 g/mol. The van der Waals surface area contributed by atoms with Gasteiger partial charge in [-0.05, 0) is 30.7 Å². The van der Waals surface area contributed by atoms with E-state index in [1.54, 1.807) is 24.3 Å². The number of nitrogens with zero attached hydrogens (tertiary/aromatic N) is 4. The Kier molecular flexibility index (Phi) is 4.69. The molecule has 0 amide bonds. The van der Waals surface area contributed by atoms with Gasteiger partial charge < -0.3 is 20.1 Å². The van der Waals surface area contributed by atoms with E-state index in [4.69, 9.17) is 4.74 Å². The van der Waals surface area contributed by atoms with Gasteiger partial charge in [-0.15, -0.1) is 10.2 Å². The van der Waals surface area contributed by atoms with E-state index in [-0.39, 0.29) is 17.4 Å². The van der Waals surface area contributed by atoms with E-state index in [1.807, 2.05) is 18.2 Å². The first-order chi connectivity index (χ1) is 15.1. The molecule has 0 spiro atoms. The van der Waals surface area contributed by atoms with Crippen molar-refractivity contribution in [3.63, 3.8) is 0 Å². The third-order valence-corrected chi connectivity index (χ3v) is 6.24. The van der Waals surface area contributed by atoms with Gasteiger partial charge in [0.2, 0.25) is 5.88 Å². The topological polar surface area (TPSA) is 100 Å². The maximum absolute atomic E-state index is 10.9. The molecule has 8 heteroatoms. The normalized spacial score (nSPS) is 21.7. The number of hydrogen-bond donors (Lipinski definition) is 2. The number of benzene rings is 1. The molecule has 4 heterocycles. The van der Waals surface area contributed by atoms with Crippen LogP contribution in [0.15, 0.2) is 48.7 Å². The molecule has 0 radical (unpaired) electrons. The summed E-state index contributed by atoms with van der Waals surface area (Å²) in [6.45, 7) is 3.61. The Labute approximate surface area is 179 Å². The lowest BCUT2D eigenvalue weighted by molar-refractivity contribution is 0.112. The van der Waals surface area contributed by atoms with E-state index in [2.05, 4.69) is 32.3 Å². The summed E-state index contributed by atoms with van der Waals surface area (Å²) < 4.78 is 6.17. The predicted molar refractivity (Wildman–Crippen MR) is 117 cm³/mol. The number of rotatable bonds is 5. The van der Waals surface area contributed by atoms with Gasteiger partial charge in [-0.3, -0.25) is 4.79 Å². The minimum absolute atomic E-state index is 0.0518. The zero-order valence-electron chi connectivity index (χ0n) is 17.2. The molecule has 0 bridgehead atoms. The van der Waals surface area contributed by atoms with Crippen LogP contribution in [0.3, 0.4) is 0 Å². The van der Waals surface area contributed by atoms with Crippen LogP contribution in [0.5, 0.6) is 11.6 Å². The van der Waals surface area contributed by atoms with Crippen molar-refractivity contribution in [2.75, 3.05) is 23.3 Å². The van der Waals surface area contributed by atoms with Crippen LogP contribution in [-0.2, 0) is 0 Å². The fraction of sp³-hybridized carbons (Fsp3) is 0.304. The zero-order chi connectivity index (χ0) is 21.4. The van der Waals surface area contributed by atoms with Crippen molar-refractivity contribution in [1.29, 1.82) is 0 Å². The highest BCUT2D eigenvalue weighted by Crippen LogP contribution is 2.45. The number of aromatic hydroxyl groups is 1. The first kappa shape index (κ1) is 19.3. The lowest BCUT2D eigenvalue weighted by Crippen LogP contribution is -2.52. The highest BCUT2D eigenvalue weighted by molar-refractivity contribution is 5.77. The Balaban J connectivity index is 1.46. The molecule has 0 unspecified atom stereocenters. The van der Waals surface area contributed by atoms with Crippen molar-refractivity contribution in [3.8, 4) is 22.9 Å². The van der Waals surface area contributed by atoms with Gasteiger partial charge in [0.15, 0.2) is 12.1 Å². The Morgan fingerprint density at radius 1 is 1.29 bits per heavy atom. The number of carbonyl (C=O) groups excluding carboxylic acids is 1. The molecule has 0 saturated carbocycles. The standard InChI is InChI=1S/C23H23N5O3/c1-2-23-10-16(31-21-8-7-15(13-29)11-24-21)12-28(23)19-9-18(26-27-22(19)25-14-23)17-5-3-4-6-20(17)30/h3-9,11,13,16,30H,2,10,12,14H2,1H3,(H,25,27)/t16-,23+/m1/s1. The molecule has 1 aromatic carbocycles. The number of phenolic OH excluding ortho intramolecular Hbond substituents is 1. The van der Waals surface area contributed by atoms with Crippen molar-refractivity contribution in [2.45, 2.75) is 31.4 Å². The number of nitrogens with one attached hydrogen (secondary N) is 1. The van der Waals surface area contributed by atoms with Crippen LogP contribution in [0.1, 0.15) is 30.1 Å². The van der Waals surface area contributed by atoms with Crippen LogP contribution < -0.4 is 15.0 Å². The van der Waals surface area contributed by atoms with E-state index < -0.39 is 0 Å². The first-order valence-electron chi connectivity index (χ1n) is 10.4. The van der Waals surface area contributed by atoms with Gasteiger partial charge in [0.25, 0.3) is 0 Å². The molecule has 8 nitrogen and oxygen atoms in total. The minimum atomic E-state index is -0.112. The molecule has 31 heavy (non-hydrogen) atoms. The summed E-state index contributed by atoms with van der Waals surface area (Å²) in [5, 5.41) is 22.4. The summed E-state index contributed by atoms with van der Waals surface area (Å²) in [6, 6.07) is 12.5. The Morgan fingerprint density at radius 3 is 2.90 bits per heavy atom. The Bertz CT molecular complexity index is 1120. The fourth-order valence-corrected chi connectivity index (χ4v) is 4.54. The smallest absolute Gasteiger partial charge is 0.213 e. The molecule has 0 aliphatic carbocycles. The van der Waals surface area contributed by atoms with Crippen LogP contribution in [0.25, 0.3) is 11.3 Å². The molecule has 3 aromatic rings. The highest BCUT2D eigenvalue weighted by Gasteiger charge is 2.48. The number of para-hydroxylation sites is 1. The summed E-state index contributed by atoms with van der Waals surface area (Å²) >= 11 is 0. The molecule has 2 aliphatic rings. The molecule has 2 atom stereocenters. The number of phenols is 1. The molecule has 1 fully saturated rings. The molecule has 2 aliphatic heterocycles. The van der Waals surface area contributed by atoms with Crippen LogP contribution in [0, 0.1) is 0 Å². The van der Waals surface area contributed by atoms with E-state index in [0.29, 0.717) is 29.2 Å². The monoisotopic (exact) mass is 417 g/mol. The van der Waals surface area contributed by atoms with Gasteiger partial charge in [0, 0.05) is 36.4 Å². The molecule has 158 valence electrons. The van der Waals surface area contributed by atoms with Gasteiger partial charge in [0.1, 0.15) is 11.9 Å². The number of fused-ring (bicyclic) bond motifs is 3. The number of hydrogen-bond acceptors (Lipinski definition) is 8. The quantitative estimate of drug-likeness (QED) is 0.610. The lowest BCUT2D eigenvalue weighted by atomic mass is 9.90. The van der Waals surface area contributed by atoms with Crippen molar-refractivity contribution < 1.29 is 14.6 Å². The second-order valence-corrected chi connectivity index (χ2v) is 8.01. The van der Waals surface area contributed by atoms with Crippen molar-refractivity contribution >= 4 is 17.8 Å². The SMILES string of the molecule is CC[C@]12CNc3nnc(-c4ccccc4O)cc3N1C[C@H](Oc1ccc(C=O)cn1)C2. The van der Waals surface area contributed by atoms with Gasteiger partial charge in [0.05, 0.1) is 23.5 Å². The highest BCUT2D eigenvalue weighted by atomic mass is 16.5. The van der Waals surface area contributed by atoms with Crippen molar-refractivity contribution in [3.05, 3.63) is 54.2 Å². The predicted octanol–water partition coefficient (Wildman–Crippen LogP) is 3.29. The van der Waals surface area contributed by atoms with Crippen molar-refractivity contribution in [1.82, 2.24) is 15.2 Å². The Hall–Kier alpha value is -3.68. The number of pyridine rings is 1. The summed E-state index contributed by atoms with van der Waals surface area (Å²) in [5.41, 5.74) is 2.64. The lowest BCUT2D eigenvalue weighted by Gasteiger charge is -2.43. The van der Waals surface area contributed by atoms with Crippen molar-refractivity contribution in [2.24, 2.45) is 0 Å². The van der Waals surface area contributed by atoms with Crippen LogP contribution >= 0.6 is 0 Å². The molecule has 5 rings (SSSR count). The second-order valence-electron chi connectivity index (χ2n) is 8.01. The van der Waals surface area contributed by atoms with Gasteiger partial charge in [-0.1, -0.05) is 19.1 Å². The number of ether oxygens (including phenoxy) is 1. The summed E-state index contributed by atoms with van der Waals surface area (Å²) in [7, 11) is 0. The van der Waals surface area contributed by atoms with E-state index in [1.165, 1.54) is 6.20 Å². The van der Waals surface area contributed by atoms with Gasteiger partial charge >= 0.3 is 0 Å². The molecular formula is C23H23N5O3. The number of aldehydes is 1. The molecular weight excluding hydrogens is 394 g/mol. The summed E-state index contributed by atoms with van der Waals surface area (Å²) in [5.74, 6) is 1.42. The fourth-order valence-electron chi connectivity index (χ4n) is 4.54. The third kappa shape index (κ3) is 3.34. The summed E-state index contributed by atoms with van der Waals surface area (Å²) in [6.07, 6.45) is 4.01. The second kappa shape index (κ2) is 7.54. The van der Waals surface area contributed by atoms with Crippen LogP contribution in [0.4, 0.5) is 11.5 Å². The van der Waals surface area contributed by atoms with Gasteiger partial charge in [-0.2, -0.15) is 0 Å². The molecule has 1 saturated heterocycles. The van der Waals surface area contributed by atoms with E-state index in [0.717, 1.165) is 37.2 Å². The average Bonchev–Trinajstić information content (AvgIpc) is 3.19. The summed E-state index contributed by atoms with van der Waals surface area (Å²) in [4.78, 5) is 17.5. The van der Waals surface area contributed by atoms with Crippen LogP contribution in [-0.4, -0.2) is 51.3 Å². The first-order valence-corrected chi connectivity index (χ1v) is 10.4. The molecule has 2 N–H and O–H groups in total. The zero-order valence-corrected chi connectivity index (χ0v) is 17.2. The third-order valence-electron chi connectivity index (χ3n) is 6.24. The van der Waals surface area contributed by atoms with Gasteiger partial charge in [-0.25, -0.2) is 4.98 Å². The molecule has 2 aromatic heterocycles. The minimum Gasteiger partial charge on any atom is -0.507 e. The number of anilines is 2. The maximum atomic E-state index is 10.9. The maximum Gasteiger partial charge on any atom is 0.213 e. The largest absolute Gasteiger partial charge is 0.507 e.